The van der Waals surface area contributed by atoms with E-state index >= 15 is 0 Å². The third-order valence-corrected chi connectivity index (χ3v) is 3.15. The highest BCUT2D eigenvalue weighted by molar-refractivity contribution is 6.01. The molecule has 0 atom stereocenters. The van der Waals surface area contributed by atoms with Crippen LogP contribution in [0.15, 0.2) is 47.3 Å². The maximum absolute atomic E-state index is 12.5. The molecule has 2 aromatic carbocycles. The average molecular weight is 278 g/mol. The van der Waals surface area contributed by atoms with Crippen LogP contribution in [-0.2, 0) is 0 Å². The van der Waals surface area contributed by atoms with Crippen molar-refractivity contribution in [1.29, 1.82) is 5.26 Å². The lowest BCUT2D eigenvalue weighted by molar-refractivity contribution is 0.0961. The first-order valence-corrected chi connectivity index (χ1v) is 6.15. The van der Waals surface area contributed by atoms with Crippen LogP contribution in [0.4, 0.5) is 5.69 Å². The summed E-state index contributed by atoms with van der Waals surface area (Å²) in [6.07, 6.45) is 0. The molecule has 0 saturated heterocycles. The SMILES string of the molecule is N#Cc1cccc(C(=O)n2c(=O)[nH]c3ccc(N)cc32)c1. The Kier molecular flexibility index (Phi) is 2.81. The van der Waals surface area contributed by atoms with Gasteiger partial charge in [-0.2, -0.15) is 5.26 Å². The van der Waals surface area contributed by atoms with E-state index in [0.717, 1.165) is 4.57 Å². The first-order valence-electron chi connectivity index (χ1n) is 6.15. The Balaban J connectivity index is 2.22. The van der Waals surface area contributed by atoms with Gasteiger partial charge in [-0.1, -0.05) is 6.07 Å². The fourth-order valence-electron chi connectivity index (χ4n) is 2.17. The lowest BCUT2D eigenvalue weighted by Crippen LogP contribution is -2.24. The van der Waals surface area contributed by atoms with E-state index in [1.807, 2.05) is 6.07 Å². The first-order chi connectivity index (χ1) is 10.1. The van der Waals surface area contributed by atoms with Crippen molar-refractivity contribution in [2.24, 2.45) is 0 Å². The van der Waals surface area contributed by atoms with Gasteiger partial charge in [0.05, 0.1) is 22.7 Å². The average Bonchev–Trinajstić information content (AvgIpc) is 2.81. The summed E-state index contributed by atoms with van der Waals surface area (Å²) in [4.78, 5) is 27.1. The number of hydrogen-bond acceptors (Lipinski definition) is 4. The Morgan fingerprint density at radius 3 is 2.81 bits per heavy atom. The molecule has 0 spiro atoms. The molecule has 3 aromatic rings. The number of nitriles is 1. The highest BCUT2D eigenvalue weighted by Crippen LogP contribution is 2.16. The van der Waals surface area contributed by atoms with Crippen molar-refractivity contribution in [1.82, 2.24) is 9.55 Å². The molecule has 6 heteroatoms. The first kappa shape index (κ1) is 12.7. The molecule has 0 aliphatic carbocycles. The number of H-pyrrole nitrogens is 1. The van der Waals surface area contributed by atoms with Crippen molar-refractivity contribution in [3.8, 4) is 6.07 Å². The highest BCUT2D eigenvalue weighted by atomic mass is 16.2. The van der Waals surface area contributed by atoms with Crippen molar-refractivity contribution < 1.29 is 4.79 Å². The van der Waals surface area contributed by atoms with E-state index in [-0.39, 0.29) is 5.56 Å². The van der Waals surface area contributed by atoms with Crippen molar-refractivity contribution in [3.05, 3.63) is 64.1 Å². The normalized spacial score (nSPS) is 10.4. The van der Waals surface area contributed by atoms with Gasteiger partial charge in [0.25, 0.3) is 5.91 Å². The van der Waals surface area contributed by atoms with Gasteiger partial charge in [0, 0.05) is 11.3 Å². The van der Waals surface area contributed by atoms with Gasteiger partial charge >= 0.3 is 5.69 Å². The number of anilines is 1. The number of nitrogen functional groups attached to an aromatic ring is 1. The smallest absolute Gasteiger partial charge is 0.333 e. The summed E-state index contributed by atoms with van der Waals surface area (Å²) in [6.45, 7) is 0. The zero-order valence-electron chi connectivity index (χ0n) is 10.8. The number of nitrogens with two attached hydrogens (primary N) is 1. The van der Waals surface area contributed by atoms with E-state index in [0.29, 0.717) is 22.3 Å². The summed E-state index contributed by atoms with van der Waals surface area (Å²) in [5.74, 6) is -0.506. The number of carbonyl (C=O) groups excluding carboxylic acids is 1. The number of aromatic amines is 1. The second-order valence-corrected chi connectivity index (χ2v) is 4.54. The minimum absolute atomic E-state index is 0.263. The molecule has 21 heavy (non-hydrogen) atoms. The second kappa shape index (κ2) is 4.65. The van der Waals surface area contributed by atoms with Gasteiger partial charge in [-0.15, -0.1) is 0 Å². The minimum atomic E-state index is -0.539. The Morgan fingerprint density at radius 2 is 2.05 bits per heavy atom. The van der Waals surface area contributed by atoms with Crippen LogP contribution < -0.4 is 11.4 Å². The molecule has 3 N–H and O–H groups in total. The molecule has 3 rings (SSSR count). The van der Waals surface area contributed by atoms with E-state index in [1.54, 1.807) is 36.4 Å². The van der Waals surface area contributed by atoms with Gasteiger partial charge in [0.15, 0.2) is 0 Å². The Labute approximate surface area is 119 Å². The molecule has 0 amide bonds. The molecule has 0 bridgehead atoms. The summed E-state index contributed by atoms with van der Waals surface area (Å²) in [5.41, 5.74) is 7.17. The summed E-state index contributed by atoms with van der Waals surface area (Å²) in [5, 5.41) is 8.88. The Bertz CT molecular complexity index is 960. The topological polar surface area (TPSA) is 105 Å². The molecular weight excluding hydrogens is 268 g/mol. The van der Waals surface area contributed by atoms with Crippen molar-refractivity contribution in [3.63, 3.8) is 0 Å². The minimum Gasteiger partial charge on any atom is -0.399 e. The van der Waals surface area contributed by atoms with Crippen LogP contribution in [0.25, 0.3) is 11.0 Å². The zero-order valence-corrected chi connectivity index (χ0v) is 10.8. The number of imidazole rings is 1. The number of carbonyl (C=O) groups is 1. The maximum Gasteiger partial charge on any atom is 0.333 e. The van der Waals surface area contributed by atoms with Crippen LogP contribution in [0.5, 0.6) is 0 Å². The number of nitrogens with zero attached hydrogens (tertiary/aromatic N) is 2. The largest absolute Gasteiger partial charge is 0.399 e. The fraction of sp³-hybridized carbons (Fsp3) is 0. The molecule has 6 nitrogen and oxygen atoms in total. The van der Waals surface area contributed by atoms with Gasteiger partial charge in [-0.3, -0.25) is 4.79 Å². The summed E-state index contributed by atoms with van der Waals surface area (Å²) >= 11 is 0. The standard InChI is InChI=1S/C15H10N4O2/c16-8-9-2-1-3-10(6-9)14(20)19-13-7-11(17)4-5-12(13)18-15(19)21/h1-7H,17H2,(H,18,21). The molecule has 0 unspecified atom stereocenters. The van der Waals surface area contributed by atoms with Gasteiger partial charge < -0.3 is 10.7 Å². The Hall–Kier alpha value is -3.33. The molecule has 1 aromatic heterocycles. The number of fused-ring (bicyclic) bond motifs is 1. The van der Waals surface area contributed by atoms with Crippen molar-refractivity contribution >= 4 is 22.6 Å². The van der Waals surface area contributed by atoms with Gasteiger partial charge in [-0.05, 0) is 36.4 Å². The molecule has 0 radical (unpaired) electrons. The summed E-state index contributed by atoms with van der Waals surface area (Å²) in [6, 6.07) is 13.0. The van der Waals surface area contributed by atoms with Crippen LogP contribution in [0, 0.1) is 11.3 Å². The predicted octanol–water partition coefficient (Wildman–Crippen LogP) is 1.47. The van der Waals surface area contributed by atoms with E-state index < -0.39 is 11.6 Å². The van der Waals surface area contributed by atoms with Crippen molar-refractivity contribution in [2.75, 3.05) is 5.73 Å². The van der Waals surface area contributed by atoms with E-state index in [9.17, 15) is 9.59 Å². The number of rotatable bonds is 1. The number of aromatic nitrogens is 2. The molecular formula is C15H10N4O2. The highest BCUT2D eigenvalue weighted by Gasteiger charge is 2.16. The molecule has 102 valence electrons. The lowest BCUT2D eigenvalue weighted by atomic mass is 10.1. The summed E-state index contributed by atoms with van der Waals surface area (Å²) in [7, 11) is 0. The van der Waals surface area contributed by atoms with Crippen LogP contribution in [0.3, 0.4) is 0 Å². The van der Waals surface area contributed by atoms with Gasteiger partial charge in [0.2, 0.25) is 0 Å². The quantitative estimate of drug-likeness (QED) is 0.657. The Morgan fingerprint density at radius 1 is 1.24 bits per heavy atom. The molecule has 0 fully saturated rings. The third-order valence-electron chi connectivity index (χ3n) is 3.15. The second-order valence-electron chi connectivity index (χ2n) is 4.54. The lowest BCUT2D eigenvalue weighted by Gasteiger charge is -2.03. The molecule has 0 saturated carbocycles. The maximum atomic E-state index is 12.5. The number of benzene rings is 2. The van der Waals surface area contributed by atoms with Crippen LogP contribution in [0.2, 0.25) is 0 Å². The predicted molar refractivity (Wildman–Crippen MR) is 77.9 cm³/mol. The van der Waals surface area contributed by atoms with E-state index in [1.165, 1.54) is 6.07 Å². The molecule has 0 aliphatic rings. The number of nitrogens with one attached hydrogen (secondary N) is 1. The zero-order chi connectivity index (χ0) is 15.0. The van der Waals surface area contributed by atoms with E-state index in [4.69, 9.17) is 11.0 Å². The number of hydrogen-bond donors (Lipinski definition) is 2. The fourth-order valence-corrected chi connectivity index (χ4v) is 2.17. The molecule has 1 heterocycles. The molecule has 0 aliphatic heterocycles. The monoisotopic (exact) mass is 278 g/mol. The van der Waals surface area contributed by atoms with Gasteiger partial charge in [-0.25, -0.2) is 9.36 Å². The third kappa shape index (κ3) is 2.07. The summed E-state index contributed by atoms with van der Waals surface area (Å²) < 4.78 is 1.02. The van der Waals surface area contributed by atoms with Crippen molar-refractivity contribution in [2.45, 2.75) is 0 Å². The van der Waals surface area contributed by atoms with E-state index in [2.05, 4.69) is 4.98 Å². The van der Waals surface area contributed by atoms with Crippen LogP contribution in [-0.4, -0.2) is 15.5 Å². The van der Waals surface area contributed by atoms with Crippen LogP contribution >= 0.6 is 0 Å². The van der Waals surface area contributed by atoms with Crippen LogP contribution in [0.1, 0.15) is 15.9 Å². The van der Waals surface area contributed by atoms with Gasteiger partial charge in [0.1, 0.15) is 0 Å².